The van der Waals surface area contributed by atoms with Crippen LogP contribution < -0.4 is 10.1 Å². The van der Waals surface area contributed by atoms with Gasteiger partial charge in [0.25, 0.3) is 5.91 Å². The molecule has 0 saturated carbocycles. The number of esters is 1. The van der Waals surface area contributed by atoms with E-state index in [0.717, 1.165) is 17.4 Å². The van der Waals surface area contributed by atoms with Crippen LogP contribution in [0.1, 0.15) is 20.0 Å². The largest absolute Gasteiger partial charge is 0.496 e. The number of nitrogens with one attached hydrogen (secondary N) is 1. The fraction of sp³-hybridized carbons (Fsp3) is 0.143. The monoisotopic (exact) mass is 309 g/mol. The van der Waals surface area contributed by atoms with Gasteiger partial charge >= 0.3 is 5.97 Å². The first-order chi connectivity index (χ1) is 10.1. The van der Waals surface area contributed by atoms with Crippen molar-refractivity contribution in [3.63, 3.8) is 0 Å². The minimum Gasteiger partial charge on any atom is -0.496 e. The van der Waals surface area contributed by atoms with Crippen LogP contribution in [0.3, 0.4) is 0 Å². The molecule has 0 aliphatic heterocycles. The third kappa shape index (κ3) is 3.19. The molecule has 1 amide bonds. The summed E-state index contributed by atoms with van der Waals surface area (Å²) < 4.78 is 22.9. The van der Waals surface area contributed by atoms with Crippen molar-refractivity contribution in [2.45, 2.75) is 0 Å². The van der Waals surface area contributed by atoms with Crippen molar-refractivity contribution >= 4 is 28.9 Å². The Bertz CT molecular complexity index is 683. The zero-order valence-electron chi connectivity index (χ0n) is 11.3. The number of hydrogen-bond donors (Lipinski definition) is 1. The van der Waals surface area contributed by atoms with Crippen LogP contribution in [0.2, 0.25) is 0 Å². The molecule has 1 heterocycles. The average molecular weight is 309 g/mol. The molecule has 0 aliphatic carbocycles. The zero-order valence-corrected chi connectivity index (χ0v) is 12.1. The fourth-order valence-corrected chi connectivity index (χ4v) is 2.47. The van der Waals surface area contributed by atoms with E-state index in [2.05, 4.69) is 10.1 Å². The van der Waals surface area contributed by atoms with E-state index in [1.54, 1.807) is 11.4 Å². The maximum Gasteiger partial charge on any atom is 0.350 e. The highest BCUT2D eigenvalue weighted by Gasteiger charge is 2.18. The first kappa shape index (κ1) is 15.0. The minimum absolute atomic E-state index is 0.0412. The second-order valence-electron chi connectivity index (χ2n) is 3.95. The molecule has 0 saturated heterocycles. The van der Waals surface area contributed by atoms with Crippen LogP contribution in [-0.4, -0.2) is 26.1 Å². The lowest BCUT2D eigenvalue weighted by atomic mass is 10.1. The first-order valence-electron chi connectivity index (χ1n) is 5.87. The molecular weight excluding hydrogens is 297 g/mol. The van der Waals surface area contributed by atoms with Gasteiger partial charge in [0.1, 0.15) is 16.4 Å². The molecule has 0 bridgehead atoms. The molecule has 0 atom stereocenters. The topological polar surface area (TPSA) is 64.6 Å². The quantitative estimate of drug-likeness (QED) is 0.882. The highest BCUT2D eigenvalue weighted by atomic mass is 32.1. The van der Waals surface area contributed by atoms with Gasteiger partial charge in [-0.2, -0.15) is 0 Å². The Kier molecular flexibility index (Phi) is 4.54. The number of thiophene rings is 1. The molecule has 1 N–H and O–H groups in total. The van der Waals surface area contributed by atoms with Gasteiger partial charge in [0.2, 0.25) is 0 Å². The number of rotatable bonds is 4. The molecule has 1 aromatic heterocycles. The number of hydrogen-bond acceptors (Lipinski definition) is 5. The van der Waals surface area contributed by atoms with Gasteiger partial charge in [0.15, 0.2) is 0 Å². The smallest absolute Gasteiger partial charge is 0.350 e. The molecule has 7 heteroatoms. The lowest BCUT2D eigenvalue weighted by Crippen LogP contribution is -2.15. The van der Waals surface area contributed by atoms with E-state index in [4.69, 9.17) is 4.74 Å². The maximum atomic E-state index is 13.3. The Labute approximate surface area is 124 Å². The van der Waals surface area contributed by atoms with Crippen molar-refractivity contribution < 1.29 is 23.5 Å². The van der Waals surface area contributed by atoms with Crippen LogP contribution in [0.4, 0.5) is 10.1 Å². The van der Waals surface area contributed by atoms with Crippen molar-refractivity contribution in [1.82, 2.24) is 0 Å². The molecule has 0 spiro atoms. The second-order valence-corrected chi connectivity index (χ2v) is 4.87. The highest BCUT2D eigenvalue weighted by Crippen LogP contribution is 2.26. The molecule has 0 aliphatic rings. The van der Waals surface area contributed by atoms with E-state index in [-0.39, 0.29) is 16.2 Å². The molecule has 5 nitrogen and oxygen atoms in total. The molecule has 2 aromatic rings. The van der Waals surface area contributed by atoms with Gasteiger partial charge in [0.05, 0.1) is 25.5 Å². The average Bonchev–Trinajstić information content (AvgIpc) is 2.94. The molecule has 0 radical (unpaired) electrons. The van der Waals surface area contributed by atoms with E-state index in [1.807, 2.05) is 0 Å². The third-order valence-corrected chi connectivity index (χ3v) is 3.58. The second kappa shape index (κ2) is 6.36. The number of halogens is 1. The van der Waals surface area contributed by atoms with E-state index in [0.29, 0.717) is 5.69 Å². The van der Waals surface area contributed by atoms with Crippen LogP contribution in [0.5, 0.6) is 5.75 Å². The summed E-state index contributed by atoms with van der Waals surface area (Å²) in [6.45, 7) is 0. The lowest BCUT2D eigenvalue weighted by Gasteiger charge is -2.09. The van der Waals surface area contributed by atoms with Gasteiger partial charge < -0.3 is 14.8 Å². The standard InChI is InChI=1S/C14H12FNO4S/c1-19-11-4-3-8(15)7-9(11)13(17)16-10-5-6-21-12(10)14(18)20-2/h3-7H,1-2H3,(H,16,17). The molecule has 110 valence electrons. The van der Waals surface area contributed by atoms with Crippen LogP contribution in [0.15, 0.2) is 29.6 Å². The maximum absolute atomic E-state index is 13.3. The van der Waals surface area contributed by atoms with E-state index in [1.165, 1.54) is 26.4 Å². The number of ether oxygens (including phenoxy) is 2. The van der Waals surface area contributed by atoms with Gasteiger partial charge in [-0.3, -0.25) is 4.79 Å². The van der Waals surface area contributed by atoms with Crippen LogP contribution in [0, 0.1) is 5.82 Å². The molecule has 2 rings (SSSR count). The normalized spacial score (nSPS) is 10.0. The van der Waals surface area contributed by atoms with Crippen LogP contribution >= 0.6 is 11.3 Å². The molecular formula is C14H12FNO4S. The van der Waals surface area contributed by atoms with Gasteiger partial charge in [0, 0.05) is 0 Å². The molecule has 1 aromatic carbocycles. The van der Waals surface area contributed by atoms with E-state index in [9.17, 15) is 14.0 Å². The van der Waals surface area contributed by atoms with E-state index >= 15 is 0 Å². The number of carbonyl (C=O) groups is 2. The summed E-state index contributed by atoms with van der Waals surface area (Å²) in [5, 5.41) is 4.19. The van der Waals surface area contributed by atoms with Crippen molar-refractivity contribution in [2.75, 3.05) is 19.5 Å². The van der Waals surface area contributed by atoms with Crippen molar-refractivity contribution in [1.29, 1.82) is 0 Å². The Morgan fingerprint density at radius 3 is 2.67 bits per heavy atom. The number of benzene rings is 1. The van der Waals surface area contributed by atoms with Gasteiger partial charge in [-0.05, 0) is 29.6 Å². The van der Waals surface area contributed by atoms with E-state index < -0.39 is 17.7 Å². The summed E-state index contributed by atoms with van der Waals surface area (Å²) in [4.78, 5) is 24.0. The molecule has 0 fully saturated rings. The lowest BCUT2D eigenvalue weighted by molar-refractivity contribution is 0.0607. The number of anilines is 1. The highest BCUT2D eigenvalue weighted by molar-refractivity contribution is 7.12. The van der Waals surface area contributed by atoms with Crippen molar-refractivity contribution in [2.24, 2.45) is 0 Å². The summed E-state index contributed by atoms with van der Waals surface area (Å²) in [5.41, 5.74) is 0.350. The summed E-state index contributed by atoms with van der Waals surface area (Å²) in [5.74, 6) is -1.44. The Morgan fingerprint density at radius 1 is 1.24 bits per heavy atom. The predicted octanol–water partition coefficient (Wildman–Crippen LogP) is 2.93. The summed E-state index contributed by atoms with van der Waals surface area (Å²) >= 11 is 1.14. The van der Waals surface area contributed by atoms with Gasteiger partial charge in [-0.15, -0.1) is 11.3 Å². The van der Waals surface area contributed by atoms with Crippen molar-refractivity contribution in [3.8, 4) is 5.75 Å². The fourth-order valence-electron chi connectivity index (χ4n) is 1.71. The van der Waals surface area contributed by atoms with Crippen LogP contribution in [0.25, 0.3) is 0 Å². The van der Waals surface area contributed by atoms with Gasteiger partial charge in [-0.25, -0.2) is 9.18 Å². The Balaban J connectivity index is 2.29. The van der Waals surface area contributed by atoms with Crippen molar-refractivity contribution in [3.05, 3.63) is 45.9 Å². The summed E-state index contributed by atoms with van der Waals surface area (Å²) in [7, 11) is 2.64. The molecule has 0 unspecified atom stereocenters. The summed E-state index contributed by atoms with van der Waals surface area (Å²) in [6, 6.07) is 5.19. The summed E-state index contributed by atoms with van der Waals surface area (Å²) in [6.07, 6.45) is 0. The number of carbonyl (C=O) groups excluding carboxylic acids is 2. The Hall–Kier alpha value is -2.41. The molecule has 21 heavy (non-hydrogen) atoms. The zero-order chi connectivity index (χ0) is 15.4. The predicted molar refractivity (Wildman–Crippen MR) is 76.6 cm³/mol. The number of amides is 1. The number of methoxy groups -OCH3 is 2. The first-order valence-corrected chi connectivity index (χ1v) is 6.75. The Morgan fingerprint density at radius 2 is 2.00 bits per heavy atom. The van der Waals surface area contributed by atoms with Crippen LogP contribution in [-0.2, 0) is 4.74 Å². The minimum atomic E-state index is -0.574. The third-order valence-electron chi connectivity index (χ3n) is 2.69. The SMILES string of the molecule is COC(=O)c1sccc1NC(=O)c1cc(F)ccc1OC. The van der Waals surface area contributed by atoms with Gasteiger partial charge in [-0.1, -0.05) is 0 Å².